The Morgan fingerprint density at radius 1 is 1.10 bits per heavy atom. The van der Waals surface area contributed by atoms with Crippen LogP contribution in [-0.4, -0.2) is 10.1 Å². The molecular weight excluding hydrogens is 257 g/mol. The molecular formula is C15H12FN3O. The highest BCUT2D eigenvalue weighted by atomic mass is 19.1. The van der Waals surface area contributed by atoms with Crippen LogP contribution in [0, 0.1) is 12.7 Å². The van der Waals surface area contributed by atoms with E-state index in [1.165, 1.54) is 6.07 Å². The fourth-order valence-corrected chi connectivity index (χ4v) is 1.89. The van der Waals surface area contributed by atoms with Gasteiger partial charge in [-0.05, 0) is 43.3 Å². The van der Waals surface area contributed by atoms with Crippen LogP contribution >= 0.6 is 0 Å². The number of halogens is 1. The van der Waals surface area contributed by atoms with E-state index in [-0.39, 0.29) is 11.7 Å². The molecule has 2 N–H and O–H groups in total. The van der Waals surface area contributed by atoms with Gasteiger partial charge in [-0.15, -0.1) is 0 Å². The molecule has 0 fully saturated rings. The van der Waals surface area contributed by atoms with Gasteiger partial charge in [0.05, 0.1) is 5.56 Å². The second-order valence-electron chi connectivity index (χ2n) is 4.53. The van der Waals surface area contributed by atoms with Crippen LogP contribution in [0.3, 0.4) is 0 Å². The van der Waals surface area contributed by atoms with Gasteiger partial charge < -0.3 is 10.3 Å². The third-order valence-electron chi connectivity index (χ3n) is 2.95. The summed E-state index contributed by atoms with van der Waals surface area (Å²) in [5, 5.41) is 3.87. The number of nitrogens with zero attached hydrogens (tertiary/aromatic N) is 2. The summed E-state index contributed by atoms with van der Waals surface area (Å²) in [5.74, 6) is 0.182. The van der Waals surface area contributed by atoms with Crippen molar-refractivity contribution in [3.63, 3.8) is 0 Å². The summed E-state index contributed by atoms with van der Waals surface area (Å²) in [4.78, 5) is 4.22. The maximum absolute atomic E-state index is 13.8. The van der Waals surface area contributed by atoms with Crippen LogP contribution in [-0.2, 0) is 0 Å². The molecule has 0 saturated heterocycles. The van der Waals surface area contributed by atoms with Crippen molar-refractivity contribution in [2.75, 3.05) is 5.73 Å². The van der Waals surface area contributed by atoms with Crippen molar-refractivity contribution in [1.82, 2.24) is 10.1 Å². The molecule has 0 atom stereocenters. The minimum absolute atomic E-state index is 0.165. The lowest BCUT2D eigenvalue weighted by Gasteiger charge is -1.98. The van der Waals surface area contributed by atoms with Gasteiger partial charge >= 0.3 is 0 Å². The molecule has 5 heteroatoms. The minimum Gasteiger partial charge on any atom is -0.399 e. The highest BCUT2D eigenvalue weighted by Gasteiger charge is 2.14. The largest absolute Gasteiger partial charge is 0.399 e. The average Bonchev–Trinajstić information content (AvgIpc) is 2.92. The number of aryl methyl sites for hydroxylation is 1. The van der Waals surface area contributed by atoms with Gasteiger partial charge in [0.2, 0.25) is 5.82 Å². The van der Waals surface area contributed by atoms with Gasteiger partial charge in [0, 0.05) is 11.3 Å². The molecule has 0 radical (unpaired) electrons. The molecule has 1 heterocycles. The van der Waals surface area contributed by atoms with Crippen molar-refractivity contribution < 1.29 is 8.91 Å². The molecule has 20 heavy (non-hydrogen) atoms. The van der Waals surface area contributed by atoms with E-state index in [9.17, 15) is 4.39 Å². The Morgan fingerprint density at radius 2 is 1.85 bits per heavy atom. The van der Waals surface area contributed by atoms with E-state index >= 15 is 0 Å². The number of rotatable bonds is 2. The predicted octanol–water partition coefficient (Wildman–Crippen LogP) is 3.43. The molecule has 0 aliphatic carbocycles. The van der Waals surface area contributed by atoms with E-state index in [1.54, 1.807) is 36.4 Å². The Bertz CT molecular complexity index is 750. The highest BCUT2D eigenvalue weighted by molar-refractivity contribution is 5.62. The zero-order chi connectivity index (χ0) is 14.1. The molecule has 3 rings (SSSR count). The first-order chi connectivity index (χ1) is 9.63. The second-order valence-corrected chi connectivity index (χ2v) is 4.53. The molecule has 1 aromatic heterocycles. The Balaban J connectivity index is 2.01. The number of hydrogen-bond donors (Lipinski definition) is 1. The fourth-order valence-electron chi connectivity index (χ4n) is 1.89. The van der Waals surface area contributed by atoms with E-state index < -0.39 is 0 Å². The Morgan fingerprint density at radius 3 is 2.60 bits per heavy atom. The standard InChI is InChI=1S/C15H12FN3O/c1-9-2-7-13(16)12(8-9)15-18-14(19-20-15)10-3-5-11(17)6-4-10/h2-8H,17H2,1H3. The fraction of sp³-hybridized carbons (Fsp3) is 0.0667. The zero-order valence-electron chi connectivity index (χ0n) is 10.8. The second kappa shape index (κ2) is 4.77. The summed E-state index contributed by atoms with van der Waals surface area (Å²) >= 11 is 0. The summed E-state index contributed by atoms with van der Waals surface area (Å²) in [6.45, 7) is 1.88. The predicted molar refractivity (Wildman–Crippen MR) is 74.3 cm³/mol. The lowest BCUT2D eigenvalue weighted by molar-refractivity contribution is 0.429. The first-order valence-corrected chi connectivity index (χ1v) is 6.09. The number of hydrogen-bond acceptors (Lipinski definition) is 4. The summed E-state index contributed by atoms with van der Waals surface area (Å²) in [5.41, 5.74) is 8.27. The molecule has 0 spiro atoms. The molecule has 2 aromatic carbocycles. The molecule has 0 aliphatic heterocycles. The van der Waals surface area contributed by atoms with Crippen LogP contribution < -0.4 is 5.73 Å². The maximum Gasteiger partial charge on any atom is 0.261 e. The van der Waals surface area contributed by atoms with Crippen molar-refractivity contribution >= 4 is 5.69 Å². The number of aromatic nitrogens is 2. The van der Waals surface area contributed by atoms with Gasteiger partial charge in [0.25, 0.3) is 5.89 Å². The zero-order valence-corrected chi connectivity index (χ0v) is 10.8. The summed E-state index contributed by atoms with van der Waals surface area (Å²) in [6, 6.07) is 11.8. The molecule has 0 aliphatic rings. The Labute approximate surface area is 115 Å². The van der Waals surface area contributed by atoms with Crippen LogP contribution in [0.4, 0.5) is 10.1 Å². The molecule has 0 bridgehead atoms. The van der Waals surface area contributed by atoms with Gasteiger partial charge in [-0.25, -0.2) is 4.39 Å². The smallest absolute Gasteiger partial charge is 0.261 e. The van der Waals surface area contributed by atoms with Gasteiger partial charge in [0.1, 0.15) is 5.82 Å². The number of benzene rings is 2. The third-order valence-corrected chi connectivity index (χ3v) is 2.95. The summed E-state index contributed by atoms with van der Waals surface area (Å²) in [7, 11) is 0. The normalized spacial score (nSPS) is 10.7. The van der Waals surface area contributed by atoms with Gasteiger partial charge in [-0.2, -0.15) is 4.98 Å². The van der Waals surface area contributed by atoms with Crippen LogP contribution in [0.1, 0.15) is 5.56 Å². The first-order valence-electron chi connectivity index (χ1n) is 6.09. The van der Waals surface area contributed by atoms with Crippen LogP contribution in [0.25, 0.3) is 22.8 Å². The van der Waals surface area contributed by atoms with E-state index in [2.05, 4.69) is 10.1 Å². The lowest BCUT2D eigenvalue weighted by atomic mass is 10.1. The highest BCUT2D eigenvalue weighted by Crippen LogP contribution is 2.25. The van der Waals surface area contributed by atoms with Crippen LogP contribution in [0.2, 0.25) is 0 Å². The monoisotopic (exact) mass is 269 g/mol. The molecule has 0 saturated carbocycles. The lowest BCUT2D eigenvalue weighted by Crippen LogP contribution is -1.87. The Hall–Kier alpha value is -2.69. The van der Waals surface area contributed by atoms with Gasteiger partial charge in [-0.3, -0.25) is 0 Å². The number of anilines is 1. The molecule has 100 valence electrons. The molecule has 0 amide bonds. The molecule has 0 unspecified atom stereocenters. The van der Waals surface area contributed by atoms with Gasteiger partial charge in [-0.1, -0.05) is 16.8 Å². The van der Waals surface area contributed by atoms with E-state index in [0.29, 0.717) is 17.1 Å². The van der Waals surface area contributed by atoms with Crippen molar-refractivity contribution in [3.05, 3.63) is 53.8 Å². The average molecular weight is 269 g/mol. The number of nitrogens with two attached hydrogens (primary N) is 1. The van der Waals surface area contributed by atoms with Crippen LogP contribution in [0.15, 0.2) is 47.0 Å². The van der Waals surface area contributed by atoms with Crippen LogP contribution in [0.5, 0.6) is 0 Å². The molecule has 3 aromatic rings. The quantitative estimate of drug-likeness (QED) is 0.724. The minimum atomic E-state index is -0.386. The number of nitrogen functional groups attached to an aromatic ring is 1. The van der Waals surface area contributed by atoms with E-state index in [1.807, 2.05) is 6.92 Å². The third kappa shape index (κ3) is 2.25. The van der Waals surface area contributed by atoms with Crippen molar-refractivity contribution in [2.24, 2.45) is 0 Å². The summed E-state index contributed by atoms with van der Waals surface area (Å²) < 4.78 is 18.9. The topological polar surface area (TPSA) is 64.9 Å². The maximum atomic E-state index is 13.8. The van der Waals surface area contributed by atoms with Crippen molar-refractivity contribution in [2.45, 2.75) is 6.92 Å². The van der Waals surface area contributed by atoms with E-state index in [0.717, 1.165) is 11.1 Å². The van der Waals surface area contributed by atoms with Crippen molar-refractivity contribution in [1.29, 1.82) is 0 Å². The van der Waals surface area contributed by atoms with Crippen molar-refractivity contribution in [3.8, 4) is 22.8 Å². The van der Waals surface area contributed by atoms with Gasteiger partial charge in [0.15, 0.2) is 0 Å². The Kier molecular flexibility index (Phi) is 2.95. The van der Waals surface area contributed by atoms with E-state index in [4.69, 9.17) is 10.3 Å². The summed E-state index contributed by atoms with van der Waals surface area (Å²) in [6.07, 6.45) is 0. The molecule has 4 nitrogen and oxygen atoms in total. The first kappa shape index (κ1) is 12.3. The SMILES string of the molecule is Cc1ccc(F)c(-c2nc(-c3ccc(N)cc3)no2)c1.